The van der Waals surface area contributed by atoms with Gasteiger partial charge in [0.15, 0.2) is 5.11 Å². The fourth-order valence-corrected chi connectivity index (χ4v) is 5.25. The first-order valence-electron chi connectivity index (χ1n) is 12.5. The zero-order valence-electron chi connectivity index (χ0n) is 21.3. The van der Waals surface area contributed by atoms with Gasteiger partial charge in [-0.1, -0.05) is 30.3 Å². The predicted octanol–water partition coefficient (Wildman–Crippen LogP) is 5.80. The maximum atomic E-state index is 13.0. The van der Waals surface area contributed by atoms with Gasteiger partial charge in [0.25, 0.3) is 0 Å². The van der Waals surface area contributed by atoms with Gasteiger partial charge >= 0.3 is 0 Å². The molecule has 4 aromatic rings. The van der Waals surface area contributed by atoms with Crippen molar-refractivity contribution in [1.82, 2.24) is 19.8 Å². The summed E-state index contributed by atoms with van der Waals surface area (Å²) in [5.41, 5.74) is 7.28. The van der Waals surface area contributed by atoms with E-state index in [1.165, 1.54) is 5.56 Å². The first kappa shape index (κ1) is 24.7. The Morgan fingerprint density at radius 3 is 2.62 bits per heavy atom. The van der Waals surface area contributed by atoms with E-state index < -0.39 is 0 Å². The molecule has 3 heterocycles. The topological polar surface area (TPSA) is 62.2 Å². The molecule has 2 N–H and O–H groups in total. The van der Waals surface area contributed by atoms with E-state index in [0.717, 1.165) is 33.9 Å². The maximum Gasteiger partial charge on any atom is 0.226 e. The SMILES string of the molecule is Cc1cccc(-n2cccc2[C@H]2[C@H](c3ccccn3)NC(=S)N2CCC(=O)Nc2cc(C)ccc2C)c1. The molecule has 0 unspecified atom stereocenters. The Balaban J connectivity index is 1.44. The summed E-state index contributed by atoms with van der Waals surface area (Å²) in [6.07, 6.45) is 4.19. The summed E-state index contributed by atoms with van der Waals surface area (Å²) in [5, 5.41) is 7.19. The maximum absolute atomic E-state index is 13.0. The molecule has 0 radical (unpaired) electrons. The van der Waals surface area contributed by atoms with E-state index in [0.29, 0.717) is 18.1 Å². The van der Waals surface area contributed by atoms with Gasteiger partial charge in [-0.05, 0) is 92.1 Å². The molecule has 188 valence electrons. The van der Waals surface area contributed by atoms with Gasteiger partial charge in [-0.15, -0.1) is 0 Å². The van der Waals surface area contributed by atoms with Crippen LogP contribution in [0, 0.1) is 20.8 Å². The third kappa shape index (κ3) is 5.27. The number of hydrogen-bond acceptors (Lipinski definition) is 3. The number of nitrogens with zero attached hydrogens (tertiary/aromatic N) is 3. The van der Waals surface area contributed by atoms with Crippen LogP contribution in [0.25, 0.3) is 5.69 Å². The van der Waals surface area contributed by atoms with Crippen molar-refractivity contribution in [3.63, 3.8) is 0 Å². The Bertz CT molecular complexity index is 1430. The van der Waals surface area contributed by atoms with E-state index in [4.69, 9.17) is 12.2 Å². The van der Waals surface area contributed by atoms with Crippen LogP contribution in [0.4, 0.5) is 5.69 Å². The van der Waals surface area contributed by atoms with Gasteiger partial charge in [0.2, 0.25) is 5.91 Å². The second kappa shape index (κ2) is 10.6. The van der Waals surface area contributed by atoms with Gasteiger partial charge in [-0.25, -0.2) is 0 Å². The first-order chi connectivity index (χ1) is 17.9. The number of hydrogen-bond donors (Lipinski definition) is 2. The van der Waals surface area contributed by atoms with Gasteiger partial charge in [-0.2, -0.15) is 0 Å². The minimum Gasteiger partial charge on any atom is -0.352 e. The Morgan fingerprint density at radius 2 is 1.84 bits per heavy atom. The molecular weight excluding hydrogens is 478 g/mol. The van der Waals surface area contributed by atoms with Crippen molar-refractivity contribution < 1.29 is 4.79 Å². The molecule has 1 saturated heterocycles. The van der Waals surface area contributed by atoms with Crippen LogP contribution < -0.4 is 10.6 Å². The number of anilines is 1. The second-order valence-electron chi connectivity index (χ2n) is 9.58. The molecule has 2 atom stereocenters. The van der Waals surface area contributed by atoms with E-state index >= 15 is 0 Å². The Morgan fingerprint density at radius 1 is 1.00 bits per heavy atom. The molecule has 1 fully saturated rings. The third-order valence-corrected chi connectivity index (χ3v) is 7.16. The molecule has 37 heavy (non-hydrogen) atoms. The number of carbonyl (C=O) groups excluding carboxylic acids is 1. The Labute approximate surface area is 223 Å². The third-order valence-electron chi connectivity index (χ3n) is 6.81. The number of aromatic nitrogens is 2. The number of pyridine rings is 1. The normalized spacial score (nSPS) is 17.1. The fraction of sp³-hybridized carbons (Fsp3) is 0.233. The molecule has 2 aromatic heterocycles. The van der Waals surface area contributed by atoms with Crippen molar-refractivity contribution in [2.45, 2.75) is 39.3 Å². The van der Waals surface area contributed by atoms with Crippen molar-refractivity contribution in [2.75, 3.05) is 11.9 Å². The van der Waals surface area contributed by atoms with E-state index in [1.807, 2.05) is 50.2 Å². The van der Waals surface area contributed by atoms with Gasteiger partial charge in [-0.3, -0.25) is 9.78 Å². The standard InChI is InChI=1S/C30H31N5OS/c1-20-8-6-9-23(18-20)34-16-7-11-26(34)29-28(24-10-4-5-15-31-24)33-30(37)35(29)17-14-27(36)32-25-19-21(2)12-13-22(25)3/h4-13,15-16,18-19,28-29H,14,17H2,1-3H3,(H,32,36)(H,33,37)/t28-,29-/m0/s1. The highest BCUT2D eigenvalue weighted by Gasteiger charge is 2.41. The highest BCUT2D eigenvalue weighted by atomic mass is 32.1. The first-order valence-corrected chi connectivity index (χ1v) is 12.9. The Hall–Kier alpha value is -3.97. The second-order valence-corrected chi connectivity index (χ2v) is 9.97. The average Bonchev–Trinajstić information content (AvgIpc) is 3.49. The highest BCUT2D eigenvalue weighted by molar-refractivity contribution is 7.80. The molecule has 1 aliphatic rings. The lowest BCUT2D eigenvalue weighted by Gasteiger charge is -2.29. The highest BCUT2D eigenvalue weighted by Crippen LogP contribution is 2.39. The number of thiocarbonyl (C=S) groups is 1. The molecule has 0 spiro atoms. The smallest absolute Gasteiger partial charge is 0.226 e. The summed E-state index contributed by atoms with van der Waals surface area (Å²) in [4.78, 5) is 19.8. The quantitative estimate of drug-likeness (QED) is 0.309. The lowest BCUT2D eigenvalue weighted by atomic mass is 10.0. The van der Waals surface area contributed by atoms with Crippen LogP contribution in [0.2, 0.25) is 0 Å². The largest absolute Gasteiger partial charge is 0.352 e. The molecule has 5 rings (SSSR count). The van der Waals surface area contributed by atoms with Crippen molar-refractivity contribution in [3.05, 3.63) is 113 Å². The van der Waals surface area contributed by atoms with Gasteiger partial charge in [0, 0.05) is 42.4 Å². The summed E-state index contributed by atoms with van der Waals surface area (Å²) in [6, 6.07) is 24.3. The fourth-order valence-electron chi connectivity index (χ4n) is 4.92. The molecule has 6 nitrogen and oxygen atoms in total. The van der Waals surface area contributed by atoms with Crippen LogP contribution in [-0.2, 0) is 4.79 Å². The molecule has 0 aliphatic carbocycles. The number of aryl methyl sites for hydroxylation is 3. The number of benzene rings is 2. The molecule has 1 amide bonds. The molecule has 1 aliphatic heterocycles. The van der Waals surface area contributed by atoms with Crippen molar-refractivity contribution in [2.24, 2.45) is 0 Å². The minimum atomic E-state index is -0.144. The van der Waals surface area contributed by atoms with Gasteiger partial charge < -0.3 is 20.1 Å². The van der Waals surface area contributed by atoms with Crippen molar-refractivity contribution in [1.29, 1.82) is 0 Å². The molecule has 0 saturated carbocycles. The average molecular weight is 510 g/mol. The van der Waals surface area contributed by atoms with Crippen LogP contribution in [-0.4, -0.2) is 32.0 Å². The van der Waals surface area contributed by atoms with E-state index in [2.05, 4.69) is 74.6 Å². The lowest BCUT2D eigenvalue weighted by Crippen LogP contribution is -2.33. The van der Waals surface area contributed by atoms with Crippen molar-refractivity contribution >= 4 is 28.9 Å². The van der Waals surface area contributed by atoms with Gasteiger partial charge in [0.05, 0.1) is 17.8 Å². The summed E-state index contributed by atoms with van der Waals surface area (Å²) in [7, 11) is 0. The van der Waals surface area contributed by atoms with Crippen LogP contribution in [0.3, 0.4) is 0 Å². The monoisotopic (exact) mass is 509 g/mol. The summed E-state index contributed by atoms with van der Waals surface area (Å²) in [6.45, 7) is 6.60. The molecular formula is C30H31N5OS. The molecule has 7 heteroatoms. The molecule has 2 aromatic carbocycles. The number of nitrogens with one attached hydrogen (secondary N) is 2. The lowest BCUT2D eigenvalue weighted by molar-refractivity contribution is -0.116. The zero-order valence-corrected chi connectivity index (χ0v) is 22.1. The van der Waals surface area contributed by atoms with Crippen LogP contribution in [0.15, 0.2) is 85.2 Å². The van der Waals surface area contributed by atoms with E-state index in [1.54, 1.807) is 6.20 Å². The number of carbonyl (C=O) groups is 1. The number of amides is 1. The summed E-state index contributed by atoms with van der Waals surface area (Å²) in [5.74, 6) is -0.0365. The number of rotatable bonds is 7. The van der Waals surface area contributed by atoms with Gasteiger partial charge in [0.1, 0.15) is 0 Å². The van der Waals surface area contributed by atoms with E-state index in [-0.39, 0.29) is 18.0 Å². The predicted molar refractivity (Wildman–Crippen MR) is 152 cm³/mol. The van der Waals surface area contributed by atoms with Crippen LogP contribution in [0.5, 0.6) is 0 Å². The van der Waals surface area contributed by atoms with Crippen LogP contribution >= 0.6 is 12.2 Å². The van der Waals surface area contributed by atoms with E-state index in [9.17, 15) is 4.79 Å². The van der Waals surface area contributed by atoms with Crippen LogP contribution in [0.1, 0.15) is 46.6 Å². The zero-order chi connectivity index (χ0) is 25.9. The molecule has 0 bridgehead atoms. The Kier molecular flexibility index (Phi) is 7.06. The minimum absolute atomic E-state index is 0.0365. The summed E-state index contributed by atoms with van der Waals surface area (Å²) >= 11 is 5.81. The van der Waals surface area contributed by atoms with Crippen molar-refractivity contribution in [3.8, 4) is 5.69 Å². The summed E-state index contributed by atoms with van der Waals surface area (Å²) < 4.78 is 2.20.